The minimum Gasteiger partial charge on any atom is -0.332 e. The first kappa shape index (κ1) is 54.8. The van der Waals surface area contributed by atoms with Crippen molar-refractivity contribution in [2.75, 3.05) is 78.5 Å². The zero-order valence-corrected chi connectivity index (χ0v) is 39.6. The zero-order valence-electron chi connectivity index (χ0n) is 39.6. The summed E-state index contributed by atoms with van der Waals surface area (Å²) in [6.45, 7) is 14.0. The van der Waals surface area contributed by atoms with Gasteiger partial charge in [-0.1, -0.05) is 157 Å². The van der Waals surface area contributed by atoms with E-state index in [4.69, 9.17) is 0 Å². The van der Waals surface area contributed by atoms with Crippen LogP contribution in [0.15, 0.2) is 0 Å². The maximum Gasteiger partial charge on any atom is 0.242 e. The Labute approximate surface area is 366 Å². The van der Waals surface area contributed by atoms with Crippen LogP contribution in [0.4, 0.5) is 0 Å². The average molecular weight is 847 g/mol. The molecule has 1 aliphatic heterocycles. The van der Waals surface area contributed by atoms with Crippen LogP contribution in [0.2, 0.25) is 0 Å². The van der Waals surface area contributed by atoms with Gasteiger partial charge in [-0.25, -0.2) is 0 Å². The van der Waals surface area contributed by atoms with Crippen molar-refractivity contribution in [2.45, 2.75) is 196 Å². The molecule has 12 nitrogen and oxygen atoms in total. The molecule has 1 heterocycles. The van der Waals surface area contributed by atoms with Gasteiger partial charge in [0.1, 0.15) is 0 Å². The fraction of sp³-hybridized carbons (Fsp3) is 0.875. The van der Waals surface area contributed by atoms with E-state index in [0.717, 1.165) is 154 Å². The highest BCUT2D eigenvalue weighted by Gasteiger charge is 2.31. The van der Waals surface area contributed by atoms with Gasteiger partial charge in [-0.2, -0.15) is 0 Å². The summed E-state index contributed by atoms with van der Waals surface area (Å²) in [7, 11) is 0. The number of hydrogen-bond donors (Lipinski definition) is 0. The van der Waals surface area contributed by atoms with Crippen molar-refractivity contribution in [1.82, 2.24) is 29.4 Å². The van der Waals surface area contributed by atoms with Crippen molar-refractivity contribution in [1.29, 1.82) is 0 Å². The third-order valence-corrected chi connectivity index (χ3v) is 11.8. The Morgan fingerprint density at radius 3 is 0.483 bits per heavy atom. The molecule has 348 valence electrons. The summed E-state index contributed by atoms with van der Waals surface area (Å²) < 4.78 is 0. The average Bonchev–Trinajstić information content (AvgIpc) is 3.23. The van der Waals surface area contributed by atoms with Gasteiger partial charge in [-0.15, -0.1) is 0 Å². The van der Waals surface area contributed by atoms with Crippen LogP contribution in [0.3, 0.4) is 0 Å². The van der Waals surface area contributed by atoms with Crippen molar-refractivity contribution < 1.29 is 28.8 Å². The maximum absolute atomic E-state index is 14.3. The topological polar surface area (TPSA) is 122 Å². The molecule has 1 saturated heterocycles. The quantitative estimate of drug-likeness (QED) is 0.0670. The Morgan fingerprint density at radius 2 is 0.367 bits per heavy atom. The summed E-state index contributed by atoms with van der Waals surface area (Å²) in [6, 6.07) is 0. The molecule has 0 saturated carbocycles. The molecule has 0 unspecified atom stereocenters. The maximum atomic E-state index is 14.3. The van der Waals surface area contributed by atoms with Crippen molar-refractivity contribution in [2.24, 2.45) is 0 Å². The lowest BCUT2D eigenvalue weighted by Gasteiger charge is -2.34. The molecule has 0 aliphatic carbocycles. The van der Waals surface area contributed by atoms with Gasteiger partial charge in [0.2, 0.25) is 35.4 Å². The highest BCUT2D eigenvalue weighted by atomic mass is 16.2. The highest BCUT2D eigenvalue weighted by molar-refractivity contribution is 5.93. The lowest BCUT2D eigenvalue weighted by molar-refractivity contribution is -0.150. The van der Waals surface area contributed by atoms with Crippen LogP contribution in [-0.4, -0.2) is 143 Å². The predicted molar refractivity (Wildman–Crippen MR) is 244 cm³/mol. The third kappa shape index (κ3) is 24.3. The van der Waals surface area contributed by atoms with E-state index in [-0.39, 0.29) is 74.7 Å². The molecule has 1 aliphatic rings. The summed E-state index contributed by atoms with van der Waals surface area (Å²) in [5, 5.41) is 0. The second kappa shape index (κ2) is 35.4. The van der Waals surface area contributed by atoms with E-state index >= 15 is 0 Å². The van der Waals surface area contributed by atoms with Crippen molar-refractivity contribution in [3.05, 3.63) is 0 Å². The Balaban J connectivity index is 3.80. The second-order valence-electron chi connectivity index (χ2n) is 17.3. The standard InChI is InChI=1S/C48H90N6O6/c1-7-13-19-25-31-49-37-44(56)51(33-27-21-15-9-3)39-46(58)53(35-29-23-17-11-5)41-48(60)54(36-30-24-18-12-6)42-47(59)52(34-28-22-16-10-4)40-45(57)50(38-43(49)55)32-26-20-14-8-2/h7-42H2,1-6H3. The summed E-state index contributed by atoms with van der Waals surface area (Å²) >= 11 is 0. The first-order chi connectivity index (χ1) is 29.1. The Bertz CT molecular complexity index is 967. The summed E-state index contributed by atoms with van der Waals surface area (Å²) in [6.07, 6.45) is 22.2. The molecule has 0 spiro atoms. The van der Waals surface area contributed by atoms with Gasteiger partial charge in [0.25, 0.3) is 0 Å². The number of unbranched alkanes of at least 4 members (excludes halogenated alkanes) is 18. The van der Waals surface area contributed by atoms with Crippen molar-refractivity contribution >= 4 is 35.4 Å². The van der Waals surface area contributed by atoms with Crippen LogP contribution in [0.25, 0.3) is 0 Å². The molecule has 1 rings (SSSR count). The van der Waals surface area contributed by atoms with E-state index in [1.165, 1.54) is 0 Å². The molecule has 12 heteroatoms. The molecule has 6 amide bonds. The predicted octanol–water partition coefficient (Wildman–Crippen LogP) is 8.45. The zero-order chi connectivity index (χ0) is 44.4. The Hall–Kier alpha value is -3.18. The first-order valence-electron chi connectivity index (χ1n) is 24.7. The summed E-state index contributed by atoms with van der Waals surface area (Å²) in [5.74, 6) is -1.73. The van der Waals surface area contributed by atoms with Gasteiger partial charge in [0.15, 0.2) is 0 Å². The smallest absolute Gasteiger partial charge is 0.242 e. The molecule has 0 aromatic rings. The lowest BCUT2D eigenvalue weighted by Crippen LogP contribution is -2.54. The molecule has 0 aromatic carbocycles. The molecule has 0 bridgehead atoms. The largest absolute Gasteiger partial charge is 0.332 e. The SMILES string of the molecule is CCCCCCN1CC(=O)N(CCCCCC)CC(=O)N(CCCCCC)CC(=O)N(CCCCCC)CC(=O)N(CCCCCC)CC(=O)N(CCCCCC)CC1=O. The number of carbonyl (C=O) groups is 6. The number of amides is 6. The molecule has 1 fully saturated rings. The Kier molecular flexibility index (Phi) is 32.4. The van der Waals surface area contributed by atoms with E-state index in [2.05, 4.69) is 41.5 Å². The second-order valence-corrected chi connectivity index (χ2v) is 17.3. The van der Waals surface area contributed by atoms with E-state index < -0.39 is 0 Å². The minimum atomic E-state index is -0.288. The van der Waals surface area contributed by atoms with Crippen LogP contribution in [0.5, 0.6) is 0 Å². The van der Waals surface area contributed by atoms with E-state index in [1.807, 2.05) is 0 Å². The molecular formula is C48H90N6O6. The molecule has 0 aromatic heterocycles. The number of carbonyl (C=O) groups excluding carboxylic acids is 6. The lowest BCUT2D eigenvalue weighted by atomic mass is 10.1. The fourth-order valence-electron chi connectivity index (χ4n) is 7.71. The van der Waals surface area contributed by atoms with Gasteiger partial charge in [0.05, 0.1) is 39.3 Å². The molecular weight excluding hydrogens is 757 g/mol. The number of nitrogens with zero attached hydrogens (tertiary/aromatic N) is 6. The normalized spacial score (nSPS) is 16.1. The number of hydrogen-bond acceptors (Lipinski definition) is 6. The monoisotopic (exact) mass is 847 g/mol. The van der Waals surface area contributed by atoms with Gasteiger partial charge in [0, 0.05) is 39.3 Å². The van der Waals surface area contributed by atoms with Crippen molar-refractivity contribution in [3.8, 4) is 0 Å². The van der Waals surface area contributed by atoms with Crippen LogP contribution < -0.4 is 0 Å². The Morgan fingerprint density at radius 1 is 0.233 bits per heavy atom. The molecule has 0 N–H and O–H groups in total. The van der Waals surface area contributed by atoms with Crippen molar-refractivity contribution in [3.63, 3.8) is 0 Å². The fourth-order valence-corrected chi connectivity index (χ4v) is 7.71. The van der Waals surface area contributed by atoms with Crippen LogP contribution in [-0.2, 0) is 28.8 Å². The summed E-state index contributed by atoms with van der Waals surface area (Å²) in [5.41, 5.74) is 0. The highest BCUT2D eigenvalue weighted by Crippen LogP contribution is 2.13. The van der Waals surface area contributed by atoms with Gasteiger partial charge < -0.3 is 29.4 Å². The van der Waals surface area contributed by atoms with Gasteiger partial charge in [-0.3, -0.25) is 28.8 Å². The van der Waals surface area contributed by atoms with Gasteiger partial charge >= 0.3 is 0 Å². The third-order valence-electron chi connectivity index (χ3n) is 11.8. The van der Waals surface area contributed by atoms with Crippen LogP contribution in [0.1, 0.15) is 196 Å². The first-order valence-corrected chi connectivity index (χ1v) is 24.7. The molecule has 60 heavy (non-hydrogen) atoms. The number of rotatable bonds is 30. The minimum absolute atomic E-state index is 0.174. The van der Waals surface area contributed by atoms with E-state index in [1.54, 1.807) is 29.4 Å². The van der Waals surface area contributed by atoms with Crippen LogP contribution in [0, 0.1) is 0 Å². The van der Waals surface area contributed by atoms with E-state index in [9.17, 15) is 28.8 Å². The van der Waals surface area contributed by atoms with Crippen LogP contribution >= 0.6 is 0 Å². The molecule has 0 radical (unpaired) electrons. The van der Waals surface area contributed by atoms with Gasteiger partial charge in [-0.05, 0) is 38.5 Å². The summed E-state index contributed by atoms with van der Waals surface area (Å²) in [4.78, 5) is 95.5. The van der Waals surface area contributed by atoms with E-state index in [0.29, 0.717) is 39.3 Å². The molecule has 0 atom stereocenters.